The van der Waals surface area contributed by atoms with Crippen molar-refractivity contribution in [3.8, 4) is 0 Å². The third kappa shape index (κ3) is 3.23. The molecule has 3 rings (SSSR count). The lowest BCUT2D eigenvalue weighted by molar-refractivity contribution is -0.130. The Morgan fingerprint density at radius 3 is 2.71 bits per heavy atom. The van der Waals surface area contributed by atoms with E-state index in [0.29, 0.717) is 12.5 Å². The zero-order valence-electron chi connectivity index (χ0n) is 11.8. The molecule has 1 amide bonds. The molecular weight excluding hydrogens is 314 g/mol. The number of rotatable bonds is 5. The average molecular weight is 332 g/mol. The van der Waals surface area contributed by atoms with Crippen LogP contribution in [0.3, 0.4) is 0 Å². The summed E-state index contributed by atoms with van der Waals surface area (Å²) < 4.78 is 24.4. The molecule has 116 valence electrons. The van der Waals surface area contributed by atoms with Gasteiger partial charge in [-0.2, -0.15) is 0 Å². The van der Waals surface area contributed by atoms with Gasteiger partial charge in [-0.15, -0.1) is 0 Å². The van der Waals surface area contributed by atoms with Crippen LogP contribution >= 0.6 is 10.7 Å². The number of carbonyl (C=O) groups is 1. The average Bonchev–Trinajstić information content (AvgIpc) is 3.01. The Balaban J connectivity index is 1.81. The molecule has 6 nitrogen and oxygen atoms in total. The molecule has 21 heavy (non-hydrogen) atoms. The van der Waals surface area contributed by atoms with E-state index in [1.54, 1.807) is 11.1 Å². The van der Waals surface area contributed by atoms with Crippen molar-refractivity contribution in [2.24, 2.45) is 18.9 Å². The Hall–Kier alpha value is -1.08. The summed E-state index contributed by atoms with van der Waals surface area (Å²) in [7, 11) is 3.66. The van der Waals surface area contributed by atoms with Crippen molar-refractivity contribution in [1.82, 2.24) is 14.5 Å². The quantitative estimate of drug-likeness (QED) is 0.762. The van der Waals surface area contributed by atoms with Crippen LogP contribution in [-0.2, 0) is 20.9 Å². The fourth-order valence-corrected chi connectivity index (χ4v) is 4.47. The highest BCUT2D eigenvalue weighted by Gasteiger charge is 2.44. The maximum atomic E-state index is 12.3. The standard InChI is InChI=1S/C13H18ClN3O3S/c1-16-5-4-15-13(16)12(10-2-3-10)17-7-9(6-11(17)18)8-21(14,19)20/h4-5,9-10,12H,2-3,6-8H2,1H3. The van der Waals surface area contributed by atoms with Gasteiger partial charge >= 0.3 is 0 Å². The molecule has 0 bridgehead atoms. The first kappa shape index (κ1) is 14.8. The van der Waals surface area contributed by atoms with Crippen LogP contribution in [0.5, 0.6) is 0 Å². The lowest BCUT2D eigenvalue weighted by Crippen LogP contribution is -2.33. The predicted octanol–water partition coefficient (Wildman–Crippen LogP) is 1.29. The molecule has 2 unspecified atom stereocenters. The zero-order valence-corrected chi connectivity index (χ0v) is 13.3. The molecule has 1 aromatic rings. The van der Waals surface area contributed by atoms with Gasteiger partial charge in [-0.1, -0.05) is 0 Å². The molecule has 0 radical (unpaired) electrons. The molecule has 1 saturated carbocycles. The highest BCUT2D eigenvalue weighted by molar-refractivity contribution is 8.13. The van der Waals surface area contributed by atoms with Gasteiger partial charge in [0.05, 0.1) is 11.8 Å². The molecule has 2 heterocycles. The van der Waals surface area contributed by atoms with Crippen LogP contribution in [0.4, 0.5) is 0 Å². The second-order valence-corrected chi connectivity index (χ2v) is 8.82. The lowest BCUT2D eigenvalue weighted by atomic mass is 10.1. The summed E-state index contributed by atoms with van der Waals surface area (Å²) in [6, 6.07) is -0.0412. The zero-order chi connectivity index (χ0) is 15.2. The third-order valence-electron chi connectivity index (χ3n) is 4.20. The fourth-order valence-electron chi connectivity index (χ4n) is 3.15. The predicted molar refractivity (Wildman–Crippen MR) is 78.1 cm³/mol. The Bertz CT molecular complexity index is 653. The minimum absolute atomic E-state index is 0.000201. The van der Waals surface area contributed by atoms with Crippen LogP contribution < -0.4 is 0 Å². The molecule has 1 aliphatic heterocycles. The van der Waals surface area contributed by atoms with Crippen molar-refractivity contribution in [1.29, 1.82) is 0 Å². The Kier molecular flexibility index (Phi) is 3.73. The summed E-state index contributed by atoms with van der Waals surface area (Å²) in [4.78, 5) is 18.5. The van der Waals surface area contributed by atoms with Crippen LogP contribution in [0.15, 0.2) is 12.4 Å². The van der Waals surface area contributed by atoms with Gasteiger partial charge in [0.1, 0.15) is 5.82 Å². The van der Waals surface area contributed by atoms with E-state index in [-0.39, 0.29) is 30.0 Å². The molecule has 1 aromatic heterocycles. The minimum Gasteiger partial charge on any atom is -0.336 e. The molecule has 0 N–H and O–H groups in total. The molecule has 0 aromatic carbocycles. The first-order valence-corrected chi connectivity index (χ1v) is 9.52. The highest BCUT2D eigenvalue weighted by Crippen LogP contribution is 2.45. The van der Waals surface area contributed by atoms with Crippen molar-refractivity contribution in [3.63, 3.8) is 0 Å². The fraction of sp³-hybridized carbons (Fsp3) is 0.692. The van der Waals surface area contributed by atoms with Crippen molar-refractivity contribution in [2.45, 2.75) is 25.3 Å². The molecule has 0 spiro atoms. The monoisotopic (exact) mass is 331 g/mol. The summed E-state index contributed by atoms with van der Waals surface area (Å²) in [5.41, 5.74) is 0. The number of amides is 1. The van der Waals surface area contributed by atoms with Gasteiger partial charge in [-0.05, 0) is 18.8 Å². The topological polar surface area (TPSA) is 72.3 Å². The molecule has 8 heteroatoms. The second kappa shape index (κ2) is 5.28. The minimum atomic E-state index is -3.57. The first-order valence-electron chi connectivity index (χ1n) is 7.04. The number of nitrogens with zero attached hydrogens (tertiary/aromatic N) is 3. The summed E-state index contributed by atoms with van der Waals surface area (Å²) >= 11 is 0. The van der Waals surface area contributed by atoms with E-state index in [9.17, 15) is 13.2 Å². The SMILES string of the molecule is Cn1ccnc1C(C1CC1)N1CC(CS(=O)(=O)Cl)CC1=O. The van der Waals surface area contributed by atoms with E-state index in [0.717, 1.165) is 18.7 Å². The maximum Gasteiger partial charge on any atom is 0.232 e. The number of imidazole rings is 1. The second-order valence-electron chi connectivity index (χ2n) is 6.00. The maximum absolute atomic E-state index is 12.3. The molecule has 1 aliphatic carbocycles. The van der Waals surface area contributed by atoms with Crippen molar-refractivity contribution >= 4 is 25.6 Å². The van der Waals surface area contributed by atoms with E-state index < -0.39 is 9.05 Å². The van der Waals surface area contributed by atoms with Crippen LogP contribution in [0, 0.1) is 11.8 Å². The number of hydrogen-bond acceptors (Lipinski definition) is 4. The molecule has 2 atom stereocenters. The van der Waals surface area contributed by atoms with Gasteiger partial charge in [-0.25, -0.2) is 13.4 Å². The third-order valence-corrected chi connectivity index (χ3v) is 5.45. The van der Waals surface area contributed by atoms with Crippen molar-refractivity contribution in [2.75, 3.05) is 12.3 Å². The summed E-state index contributed by atoms with van der Waals surface area (Å²) in [6.45, 7) is 0.443. The van der Waals surface area contributed by atoms with Gasteiger partial charge in [0.15, 0.2) is 0 Å². The van der Waals surface area contributed by atoms with Crippen LogP contribution in [0.25, 0.3) is 0 Å². The number of aryl methyl sites for hydroxylation is 1. The van der Waals surface area contributed by atoms with E-state index in [4.69, 9.17) is 10.7 Å². The highest BCUT2D eigenvalue weighted by atomic mass is 35.7. The van der Waals surface area contributed by atoms with Gasteiger partial charge in [0, 0.05) is 49.0 Å². The number of halogens is 1. The lowest BCUT2D eigenvalue weighted by Gasteiger charge is -2.28. The normalized spacial score (nSPS) is 24.6. The number of likely N-dealkylation sites (tertiary alicyclic amines) is 1. The van der Waals surface area contributed by atoms with E-state index >= 15 is 0 Å². The Morgan fingerprint density at radius 1 is 1.48 bits per heavy atom. The van der Waals surface area contributed by atoms with Crippen LogP contribution in [0.1, 0.15) is 31.1 Å². The van der Waals surface area contributed by atoms with E-state index in [1.807, 2.05) is 17.8 Å². The largest absolute Gasteiger partial charge is 0.336 e. The van der Waals surface area contributed by atoms with E-state index in [1.165, 1.54) is 0 Å². The Morgan fingerprint density at radius 2 is 2.19 bits per heavy atom. The van der Waals surface area contributed by atoms with Crippen LogP contribution in [-0.4, -0.2) is 41.1 Å². The number of carbonyl (C=O) groups excluding carboxylic acids is 1. The summed E-state index contributed by atoms with van der Waals surface area (Å²) in [6.07, 6.45) is 6.01. The number of hydrogen-bond donors (Lipinski definition) is 0. The first-order chi connectivity index (χ1) is 9.85. The molecule has 1 saturated heterocycles. The van der Waals surface area contributed by atoms with Crippen molar-refractivity contribution < 1.29 is 13.2 Å². The van der Waals surface area contributed by atoms with Gasteiger partial charge < -0.3 is 9.47 Å². The van der Waals surface area contributed by atoms with Crippen LogP contribution in [0.2, 0.25) is 0 Å². The Labute approximate surface area is 128 Å². The molecular formula is C13H18ClN3O3S. The molecule has 2 aliphatic rings. The smallest absolute Gasteiger partial charge is 0.232 e. The van der Waals surface area contributed by atoms with Gasteiger partial charge in [-0.3, -0.25) is 4.79 Å². The number of aromatic nitrogens is 2. The van der Waals surface area contributed by atoms with Gasteiger partial charge in [0.2, 0.25) is 15.0 Å². The van der Waals surface area contributed by atoms with E-state index in [2.05, 4.69) is 4.98 Å². The molecule has 2 fully saturated rings. The van der Waals surface area contributed by atoms with Gasteiger partial charge in [0.25, 0.3) is 0 Å². The van der Waals surface area contributed by atoms with Crippen molar-refractivity contribution in [3.05, 3.63) is 18.2 Å². The summed E-state index contributed by atoms with van der Waals surface area (Å²) in [5, 5.41) is 0. The summed E-state index contributed by atoms with van der Waals surface area (Å²) in [5.74, 6) is 0.942.